The second-order valence-electron chi connectivity index (χ2n) is 9.93. The molecule has 2 amide bonds. The molecule has 2 aliphatic carbocycles. The fourth-order valence-corrected chi connectivity index (χ4v) is 6.05. The monoisotopic (exact) mass is 430 g/mol. The molecule has 1 aromatic rings. The summed E-state index contributed by atoms with van der Waals surface area (Å²) in [5.41, 5.74) is 1.07. The highest BCUT2D eigenvalue weighted by Crippen LogP contribution is 2.55. The van der Waals surface area contributed by atoms with E-state index in [0.29, 0.717) is 6.54 Å². The molecule has 0 unspecified atom stereocenters. The van der Waals surface area contributed by atoms with Gasteiger partial charge in [-0.05, 0) is 66.5 Å². The Labute approximate surface area is 186 Å². The Morgan fingerprint density at radius 3 is 2.48 bits per heavy atom. The van der Waals surface area contributed by atoms with Gasteiger partial charge in [-0.15, -0.1) is 0 Å². The molecule has 0 bridgehead atoms. The molecule has 6 heteroatoms. The Balaban J connectivity index is 1.65. The molecule has 3 N–H and O–H groups in total. The van der Waals surface area contributed by atoms with Gasteiger partial charge in [0.2, 0.25) is 11.8 Å². The van der Waals surface area contributed by atoms with E-state index >= 15 is 0 Å². The van der Waals surface area contributed by atoms with Crippen LogP contribution in [0.25, 0.3) is 0 Å². The van der Waals surface area contributed by atoms with Crippen LogP contribution in [-0.2, 0) is 16.1 Å². The number of amides is 2. The van der Waals surface area contributed by atoms with E-state index in [2.05, 4.69) is 24.5 Å². The van der Waals surface area contributed by atoms with Gasteiger partial charge in [0.25, 0.3) is 0 Å². The number of methoxy groups -OCH3 is 1. The Bertz CT molecular complexity index is 780. The van der Waals surface area contributed by atoms with E-state index in [1.165, 1.54) is 0 Å². The zero-order valence-corrected chi connectivity index (χ0v) is 19.5. The van der Waals surface area contributed by atoms with E-state index in [4.69, 9.17) is 4.74 Å². The second kappa shape index (κ2) is 9.60. The Morgan fingerprint density at radius 2 is 1.87 bits per heavy atom. The lowest BCUT2D eigenvalue weighted by Gasteiger charge is -2.56. The first-order valence-electron chi connectivity index (χ1n) is 11.5. The van der Waals surface area contributed by atoms with Crippen LogP contribution in [0.2, 0.25) is 0 Å². The van der Waals surface area contributed by atoms with E-state index < -0.39 is 6.10 Å². The average Bonchev–Trinajstić information content (AvgIpc) is 2.74. The van der Waals surface area contributed by atoms with Gasteiger partial charge in [-0.25, -0.2) is 0 Å². The average molecular weight is 431 g/mol. The number of ether oxygens (including phenoxy) is 1. The van der Waals surface area contributed by atoms with Gasteiger partial charge in [0.15, 0.2) is 0 Å². The molecular formula is C25H38N2O4. The van der Waals surface area contributed by atoms with Crippen molar-refractivity contribution in [3.63, 3.8) is 0 Å². The molecular weight excluding hydrogens is 392 g/mol. The van der Waals surface area contributed by atoms with Gasteiger partial charge >= 0.3 is 0 Å². The lowest BCUT2D eigenvalue weighted by Crippen LogP contribution is -2.58. The van der Waals surface area contributed by atoms with Crippen LogP contribution in [0.1, 0.15) is 58.9 Å². The number of benzene rings is 1. The molecule has 0 heterocycles. The van der Waals surface area contributed by atoms with Crippen LogP contribution < -0.4 is 15.4 Å². The summed E-state index contributed by atoms with van der Waals surface area (Å²) in [5, 5.41) is 17.5. The highest BCUT2D eigenvalue weighted by molar-refractivity contribution is 5.78. The molecule has 7 atom stereocenters. The van der Waals surface area contributed by atoms with E-state index in [0.717, 1.165) is 37.0 Å². The Morgan fingerprint density at radius 1 is 1.23 bits per heavy atom. The third kappa shape index (κ3) is 5.05. The first-order chi connectivity index (χ1) is 14.7. The van der Waals surface area contributed by atoms with Gasteiger partial charge in [-0.1, -0.05) is 32.9 Å². The maximum atomic E-state index is 12.9. The van der Waals surface area contributed by atoms with E-state index in [-0.39, 0.29) is 46.9 Å². The molecule has 2 aliphatic rings. The molecule has 2 fully saturated rings. The zero-order chi connectivity index (χ0) is 22.8. The molecule has 0 saturated heterocycles. The molecule has 0 spiro atoms. The van der Waals surface area contributed by atoms with Gasteiger partial charge in [0.1, 0.15) is 5.75 Å². The minimum atomic E-state index is -0.549. The summed E-state index contributed by atoms with van der Waals surface area (Å²) >= 11 is 0. The Kier molecular flexibility index (Phi) is 7.30. The number of aliphatic hydroxyl groups is 1. The molecule has 0 aromatic heterocycles. The number of fused-ring (bicyclic) bond motifs is 1. The van der Waals surface area contributed by atoms with Crippen molar-refractivity contribution >= 4 is 11.8 Å². The fraction of sp³-hybridized carbons (Fsp3) is 0.680. The standard InChI is InChI=1S/C25H38N2O4/c1-15(24(30)26-14-18-6-8-19(31-5)9-7-18)20-10-12-25(4)13-11-21(27-17(3)28)16(2)22(25)23(20)29/h6-9,15-16,20-23,29H,10-14H2,1-5H3,(H,26,30)(H,27,28)/t15-,16-,20+,21-,22+,23-,25+/m0/s1. The van der Waals surface area contributed by atoms with Crippen LogP contribution in [0.15, 0.2) is 24.3 Å². The molecule has 1 aromatic carbocycles. The number of hydrogen-bond donors (Lipinski definition) is 3. The van der Waals surface area contributed by atoms with Crippen LogP contribution in [0.5, 0.6) is 5.75 Å². The van der Waals surface area contributed by atoms with Crippen LogP contribution in [0.4, 0.5) is 0 Å². The lowest BCUT2D eigenvalue weighted by atomic mass is 9.51. The summed E-state index contributed by atoms with van der Waals surface area (Å²) in [6.07, 6.45) is 3.25. The molecule has 2 saturated carbocycles. The lowest BCUT2D eigenvalue weighted by molar-refractivity contribution is -0.143. The van der Waals surface area contributed by atoms with Gasteiger partial charge in [-0.3, -0.25) is 9.59 Å². The van der Waals surface area contributed by atoms with Crippen LogP contribution in [-0.4, -0.2) is 36.2 Å². The van der Waals surface area contributed by atoms with E-state index in [9.17, 15) is 14.7 Å². The minimum absolute atomic E-state index is 0.0198. The minimum Gasteiger partial charge on any atom is -0.497 e. The Hall–Kier alpha value is -2.08. The van der Waals surface area contributed by atoms with Crippen LogP contribution >= 0.6 is 0 Å². The molecule has 0 radical (unpaired) electrons. The van der Waals surface area contributed by atoms with Gasteiger partial charge in [0, 0.05) is 25.4 Å². The SMILES string of the molecule is COc1ccc(CNC(=O)[C@@H](C)[C@H]2CC[C@]3(C)CC[C@H](NC(C)=O)[C@H](C)[C@@H]3[C@H]2O)cc1. The smallest absolute Gasteiger partial charge is 0.223 e. The van der Waals surface area contributed by atoms with Gasteiger partial charge in [-0.2, -0.15) is 0 Å². The summed E-state index contributed by atoms with van der Waals surface area (Å²) in [7, 11) is 1.63. The van der Waals surface area contributed by atoms with Crippen molar-refractivity contribution in [2.45, 2.75) is 72.1 Å². The van der Waals surface area contributed by atoms with E-state index in [1.54, 1.807) is 14.0 Å². The number of carbonyl (C=O) groups excluding carboxylic acids is 2. The summed E-state index contributed by atoms with van der Waals surface area (Å²) in [4.78, 5) is 24.5. The third-order valence-corrected chi connectivity index (χ3v) is 7.96. The third-order valence-electron chi connectivity index (χ3n) is 7.96. The quantitative estimate of drug-likeness (QED) is 0.646. The summed E-state index contributed by atoms with van der Waals surface area (Å²) in [6, 6.07) is 7.73. The maximum Gasteiger partial charge on any atom is 0.223 e. The normalized spacial score (nSPS) is 33.7. The molecule has 31 heavy (non-hydrogen) atoms. The predicted molar refractivity (Wildman–Crippen MR) is 120 cm³/mol. The molecule has 172 valence electrons. The number of rotatable bonds is 6. The van der Waals surface area contributed by atoms with Gasteiger partial charge < -0.3 is 20.5 Å². The first-order valence-corrected chi connectivity index (χ1v) is 11.5. The van der Waals surface area contributed by atoms with Crippen LogP contribution in [0.3, 0.4) is 0 Å². The second-order valence-corrected chi connectivity index (χ2v) is 9.93. The van der Waals surface area contributed by atoms with Crippen molar-refractivity contribution in [1.82, 2.24) is 10.6 Å². The van der Waals surface area contributed by atoms with Crippen molar-refractivity contribution in [3.05, 3.63) is 29.8 Å². The van der Waals surface area contributed by atoms with Gasteiger partial charge in [0.05, 0.1) is 13.2 Å². The van der Waals surface area contributed by atoms with Crippen molar-refractivity contribution in [2.75, 3.05) is 7.11 Å². The number of hydrogen-bond acceptors (Lipinski definition) is 4. The summed E-state index contributed by atoms with van der Waals surface area (Å²) in [5.74, 6) is 0.650. The molecule has 6 nitrogen and oxygen atoms in total. The predicted octanol–water partition coefficient (Wildman–Crippen LogP) is 3.28. The largest absolute Gasteiger partial charge is 0.497 e. The van der Waals surface area contributed by atoms with Crippen molar-refractivity contribution < 1.29 is 19.4 Å². The number of aliphatic hydroxyl groups excluding tert-OH is 1. The van der Waals surface area contributed by atoms with Crippen molar-refractivity contribution in [3.8, 4) is 5.75 Å². The summed E-state index contributed by atoms with van der Waals surface area (Å²) in [6.45, 7) is 8.35. The summed E-state index contributed by atoms with van der Waals surface area (Å²) < 4.78 is 5.17. The topological polar surface area (TPSA) is 87.7 Å². The van der Waals surface area contributed by atoms with Crippen molar-refractivity contribution in [2.24, 2.45) is 29.1 Å². The number of nitrogens with one attached hydrogen (secondary N) is 2. The first kappa shape index (κ1) is 23.6. The molecule has 3 rings (SSSR count). The van der Waals surface area contributed by atoms with Crippen molar-refractivity contribution in [1.29, 1.82) is 0 Å². The number of carbonyl (C=O) groups is 2. The highest BCUT2D eigenvalue weighted by Gasteiger charge is 2.53. The highest BCUT2D eigenvalue weighted by atomic mass is 16.5. The molecule has 0 aliphatic heterocycles. The van der Waals surface area contributed by atoms with E-state index in [1.807, 2.05) is 31.2 Å². The maximum absolute atomic E-state index is 12.9. The zero-order valence-electron chi connectivity index (χ0n) is 19.5. The van der Waals surface area contributed by atoms with Crippen LogP contribution in [0, 0.1) is 29.1 Å². The fourth-order valence-electron chi connectivity index (χ4n) is 6.05.